The molecular formula is C19H20Cl2N2O3S. The summed E-state index contributed by atoms with van der Waals surface area (Å²) in [4.78, 5) is 26.1. The van der Waals surface area contributed by atoms with Gasteiger partial charge in [-0.15, -0.1) is 11.3 Å². The van der Waals surface area contributed by atoms with Crippen LogP contribution in [0.25, 0.3) is 0 Å². The molecule has 1 unspecified atom stereocenters. The Balaban J connectivity index is 1.83. The Morgan fingerprint density at radius 3 is 2.74 bits per heavy atom. The first-order valence-electron chi connectivity index (χ1n) is 8.73. The van der Waals surface area contributed by atoms with Crippen LogP contribution in [0.4, 0.5) is 15.5 Å². The summed E-state index contributed by atoms with van der Waals surface area (Å²) >= 11 is 13.3. The highest BCUT2D eigenvalue weighted by Crippen LogP contribution is 2.40. The molecule has 0 spiro atoms. The van der Waals surface area contributed by atoms with Crippen LogP contribution in [0.15, 0.2) is 18.2 Å². The van der Waals surface area contributed by atoms with Crippen LogP contribution < -0.4 is 10.6 Å². The summed E-state index contributed by atoms with van der Waals surface area (Å²) in [5, 5.41) is 6.78. The SMILES string of the molecule is CCOC(=O)c1c(NC(=O)Nc2ccc(Cl)c(Cl)c2)sc2c1CCC(C)C2. The number of fused-ring (bicyclic) bond motifs is 1. The van der Waals surface area contributed by atoms with Gasteiger partial charge in [0.1, 0.15) is 5.00 Å². The van der Waals surface area contributed by atoms with E-state index in [4.69, 9.17) is 27.9 Å². The van der Waals surface area contributed by atoms with Crippen LogP contribution in [-0.4, -0.2) is 18.6 Å². The predicted molar refractivity (Wildman–Crippen MR) is 111 cm³/mol. The molecule has 144 valence electrons. The number of esters is 1. The number of thiophene rings is 1. The summed E-state index contributed by atoms with van der Waals surface area (Å²) in [5.74, 6) is 0.165. The van der Waals surface area contributed by atoms with Crippen LogP contribution in [0.1, 0.15) is 41.1 Å². The highest BCUT2D eigenvalue weighted by Gasteiger charge is 2.29. The lowest BCUT2D eigenvalue weighted by molar-refractivity contribution is 0.0526. The Kier molecular flexibility index (Phi) is 6.29. The molecule has 1 aromatic carbocycles. The fraction of sp³-hybridized carbons (Fsp3) is 0.368. The molecule has 1 heterocycles. The molecule has 8 heteroatoms. The molecule has 2 N–H and O–H groups in total. The van der Waals surface area contributed by atoms with Gasteiger partial charge in [0.15, 0.2) is 0 Å². The van der Waals surface area contributed by atoms with Crippen molar-refractivity contribution in [3.8, 4) is 0 Å². The number of hydrogen-bond acceptors (Lipinski definition) is 4. The van der Waals surface area contributed by atoms with Crippen molar-refractivity contribution in [2.75, 3.05) is 17.2 Å². The average molecular weight is 427 g/mol. The Labute approximate surface area is 172 Å². The van der Waals surface area contributed by atoms with Gasteiger partial charge in [0.25, 0.3) is 0 Å². The van der Waals surface area contributed by atoms with E-state index in [0.29, 0.717) is 32.2 Å². The molecule has 1 atom stereocenters. The van der Waals surface area contributed by atoms with Crippen molar-refractivity contribution in [1.29, 1.82) is 0 Å². The topological polar surface area (TPSA) is 67.4 Å². The predicted octanol–water partition coefficient (Wildman–Crippen LogP) is 6.00. The lowest BCUT2D eigenvalue weighted by Gasteiger charge is -2.18. The monoisotopic (exact) mass is 426 g/mol. The van der Waals surface area contributed by atoms with E-state index in [1.807, 2.05) is 0 Å². The van der Waals surface area contributed by atoms with E-state index < -0.39 is 12.0 Å². The Morgan fingerprint density at radius 1 is 1.26 bits per heavy atom. The van der Waals surface area contributed by atoms with Crippen molar-refractivity contribution >= 4 is 57.2 Å². The molecule has 3 rings (SSSR count). The van der Waals surface area contributed by atoms with E-state index in [0.717, 1.165) is 29.7 Å². The normalized spacial score (nSPS) is 15.8. The number of benzene rings is 1. The highest BCUT2D eigenvalue weighted by atomic mass is 35.5. The molecule has 27 heavy (non-hydrogen) atoms. The van der Waals surface area contributed by atoms with E-state index in [1.165, 1.54) is 11.3 Å². The van der Waals surface area contributed by atoms with E-state index in [-0.39, 0.29) is 6.61 Å². The minimum atomic E-state index is -0.453. The van der Waals surface area contributed by atoms with Crippen molar-refractivity contribution < 1.29 is 14.3 Å². The molecule has 2 aromatic rings. The second-order valence-electron chi connectivity index (χ2n) is 6.48. The molecule has 0 fully saturated rings. The first-order chi connectivity index (χ1) is 12.9. The van der Waals surface area contributed by atoms with Gasteiger partial charge in [-0.05, 0) is 55.9 Å². The van der Waals surface area contributed by atoms with Crippen LogP contribution >= 0.6 is 34.5 Å². The molecule has 0 aliphatic heterocycles. The maximum absolute atomic E-state index is 12.5. The number of carbonyl (C=O) groups is 2. The summed E-state index contributed by atoms with van der Waals surface area (Å²) in [6.07, 6.45) is 2.74. The van der Waals surface area contributed by atoms with Gasteiger partial charge in [0.05, 0.1) is 22.2 Å². The number of rotatable bonds is 4. The maximum Gasteiger partial charge on any atom is 0.341 e. The molecule has 2 amide bonds. The fourth-order valence-electron chi connectivity index (χ4n) is 3.10. The summed E-state index contributed by atoms with van der Waals surface area (Å²) in [6.45, 7) is 4.24. The molecule has 1 aliphatic rings. The van der Waals surface area contributed by atoms with Gasteiger partial charge in [-0.2, -0.15) is 0 Å². The van der Waals surface area contributed by atoms with Crippen molar-refractivity contribution in [2.24, 2.45) is 5.92 Å². The number of urea groups is 1. The zero-order chi connectivity index (χ0) is 19.6. The molecule has 1 aromatic heterocycles. The highest BCUT2D eigenvalue weighted by molar-refractivity contribution is 7.17. The average Bonchev–Trinajstić information content (AvgIpc) is 2.95. The van der Waals surface area contributed by atoms with Crippen LogP contribution in [0.3, 0.4) is 0 Å². The van der Waals surface area contributed by atoms with Crippen LogP contribution in [0.2, 0.25) is 10.0 Å². The lowest BCUT2D eigenvalue weighted by Crippen LogP contribution is -2.21. The third-order valence-corrected chi connectivity index (χ3v) is 6.30. The molecule has 5 nitrogen and oxygen atoms in total. The quantitative estimate of drug-likeness (QED) is 0.588. The molecule has 0 saturated heterocycles. The minimum Gasteiger partial charge on any atom is -0.462 e. The molecule has 0 bridgehead atoms. The number of carbonyl (C=O) groups excluding carboxylic acids is 2. The summed E-state index contributed by atoms with van der Waals surface area (Å²) < 4.78 is 5.21. The van der Waals surface area contributed by atoms with Gasteiger partial charge >= 0.3 is 12.0 Å². The first-order valence-corrected chi connectivity index (χ1v) is 10.3. The standard InChI is InChI=1S/C19H20Cl2N2O3S/c1-3-26-18(24)16-12-6-4-10(2)8-15(12)27-17(16)23-19(25)22-11-5-7-13(20)14(21)9-11/h5,7,9-10H,3-4,6,8H2,1-2H3,(H2,22,23,25). The van der Waals surface area contributed by atoms with Gasteiger partial charge in [0, 0.05) is 10.6 Å². The smallest absolute Gasteiger partial charge is 0.341 e. The zero-order valence-corrected chi connectivity index (χ0v) is 17.4. The van der Waals surface area contributed by atoms with Crippen molar-refractivity contribution in [3.63, 3.8) is 0 Å². The van der Waals surface area contributed by atoms with E-state index >= 15 is 0 Å². The first kappa shape index (κ1) is 20.0. The second-order valence-corrected chi connectivity index (χ2v) is 8.40. The van der Waals surface area contributed by atoms with Gasteiger partial charge in [-0.25, -0.2) is 9.59 Å². The summed E-state index contributed by atoms with van der Waals surface area (Å²) in [5.41, 5.74) is 1.99. The minimum absolute atomic E-state index is 0.286. The summed E-state index contributed by atoms with van der Waals surface area (Å²) in [6, 6.07) is 4.37. The number of anilines is 2. The molecular weight excluding hydrogens is 407 g/mol. The Bertz CT molecular complexity index is 882. The van der Waals surface area contributed by atoms with Crippen LogP contribution in [0, 0.1) is 5.92 Å². The van der Waals surface area contributed by atoms with Gasteiger partial charge in [-0.3, -0.25) is 5.32 Å². The number of ether oxygens (including phenoxy) is 1. The lowest BCUT2D eigenvalue weighted by atomic mass is 9.88. The molecule has 1 aliphatic carbocycles. The van der Waals surface area contributed by atoms with Crippen LogP contribution in [0.5, 0.6) is 0 Å². The Hall–Kier alpha value is -1.76. The summed E-state index contributed by atoms with van der Waals surface area (Å²) in [7, 11) is 0. The van der Waals surface area contributed by atoms with Crippen LogP contribution in [-0.2, 0) is 17.6 Å². The largest absolute Gasteiger partial charge is 0.462 e. The number of halogens is 2. The second kappa shape index (κ2) is 8.50. The number of amides is 2. The zero-order valence-electron chi connectivity index (χ0n) is 15.0. The number of nitrogens with one attached hydrogen (secondary N) is 2. The van der Waals surface area contributed by atoms with Crippen molar-refractivity contribution in [2.45, 2.75) is 33.1 Å². The molecule has 0 radical (unpaired) electrons. The van der Waals surface area contributed by atoms with E-state index in [2.05, 4.69) is 17.6 Å². The maximum atomic E-state index is 12.5. The van der Waals surface area contributed by atoms with E-state index in [9.17, 15) is 9.59 Å². The molecule has 0 saturated carbocycles. The van der Waals surface area contributed by atoms with Crippen molar-refractivity contribution in [3.05, 3.63) is 44.2 Å². The third kappa shape index (κ3) is 4.57. The number of hydrogen-bond donors (Lipinski definition) is 2. The fourth-order valence-corrected chi connectivity index (χ4v) is 4.79. The van der Waals surface area contributed by atoms with Crippen molar-refractivity contribution in [1.82, 2.24) is 0 Å². The third-order valence-electron chi connectivity index (χ3n) is 4.40. The van der Waals surface area contributed by atoms with Gasteiger partial charge < -0.3 is 10.1 Å². The Morgan fingerprint density at radius 2 is 2.04 bits per heavy atom. The van der Waals surface area contributed by atoms with Gasteiger partial charge in [-0.1, -0.05) is 30.1 Å². The van der Waals surface area contributed by atoms with Gasteiger partial charge in [0.2, 0.25) is 0 Å². The van der Waals surface area contributed by atoms with E-state index in [1.54, 1.807) is 25.1 Å².